The fourth-order valence-electron chi connectivity index (χ4n) is 2.19. The molecule has 0 radical (unpaired) electrons. The van der Waals surface area contributed by atoms with Gasteiger partial charge in [0.15, 0.2) is 0 Å². The largest absolute Gasteiger partial charge is 0.469 e. The number of aryl methyl sites for hydroxylation is 1. The minimum atomic E-state index is -0.582. The van der Waals surface area contributed by atoms with Crippen molar-refractivity contribution in [2.75, 3.05) is 17.7 Å². The highest BCUT2D eigenvalue weighted by Crippen LogP contribution is 2.22. The molecule has 1 amide bonds. The number of furan rings is 1. The molecule has 0 bridgehead atoms. The van der Waals surface area contributed by atoms with Crippen LogP contribution in [-0.4, -0.2) is 25.0 Å². The second-order valence-corrected chi connectivity index (χ2v) is 5.17. The van der Waals surface area contributed by atoms with Crippen LogP contribution in [0.1, 0.15) is 29.5 Å². The number of hydrogen-bond donors (Lipinski definition) is 2. The Bertz CT molecular complexity index is 742. The van der Waals surface area contributed by atoms with E-state index < -0.39 is 23.7 Å². The summed E-state index contributed by atoms with van der Waals surface area (Å²) >= 11 is 0. The molecule has 7 heteroatoms. The third kappa shape index (κ3) is 3.92. The highest BCUT2D eigenvalue weighted by molar-refractivity contribution is 6.05. The van der Waals surface area contributed by atoms with Gasteiger partial charge < -0.3 is 19.8 Å². The number of rotatable bonds is 6. The Morgan fingerprint density at radius 2 is 2.08 bits per heavy atom. The average molecular weight is 334 g/mol. The van der Waals surface area contributed by atoms with Crippen LogP contribution in [0.4, 0.5) is 15.8 Å². The van der Waals surface area contributed by atoms with E-state index in [1.54, 1.807) is 6.92 Å². The molecule has 2 rings (SSSR count). The van der Waals surface area contributed by atoms with Crippen molar-refractivity contribution in [3.05, 3.63) is 47.7 Å². The van der Waals surface area contributed by atoms with E-state index in [-0.39, 0.29) is 5.69 Å². The van der Waals surface area contributed by atoms with Gasteiger partial charge in [0.05, 0.1) is 24.6 Å². The van der Waals surface area contributed by atoms with Gasteiger partial charge in [-0.3, -0.25) is 4.79 Å². The van der Waals surface area contributed by atoms with Gasteiger partial charge in [0.1, 0.15) is 17.6 Å². The fraction of sp³-hybridized carbons (Fsp3) is 0.294. The summed E-state index contributed by atoms with van der Waals surface area (Å²) in [6.45, 7) is 3.47. The zero-order chi connectivity index (χ0) is 17.7. The van der Waals surface area contributed by atoms with Crippen LogP contribution in [0, 0.1) is 12.7 Å². The zero-order valence-corrected chi connectivity index (χ0v) is 13.7. The SMILES string of the molecule is CC[C@H](Nc1ccc(F)c(NC(=O)c2ccoc2C)c1)C(=O)OC. The maximum Gasteiger partial charge on any atom is 0.328 e. The molecule has 1 aromatic heterocycles. The van der Waals surface area contributed by atoms with Gasteiger partial charge in [-0.05, 0) is 37.6 Å². The third-order valence-electron chi connectivity index (χ3n) is 3.55. The number of benzene rings is 1. The van der Waals surface area contributed by atoms with Crippen molar-refractivity contribution in [2.45, 2.75) is 26.3 Å². The van der Waals surface area contributed by atoms with Gasteiger partial charge in [0, 0.05) is 5.69 Å². The van der Waals surface area contributed by atoms with Gasteiger partial charge in [0.25, 0.3) is 5.91 Å². The summed E-state index contributed by atoms with van der Waals surface area (Å²) in [6.07, 6.45) is 1.89. The Kier molecular flexibility index (Phi) is 5.57. The summed E-state index contributed by atoms with van der Waals surface area (Å²) in [7, 11) is 1.30. The van der Waals surface area contributed by atoms with Crippen LogP contribution < -0.4 is 10.6 Å². The van der Waals surface area contributed by atoms with E-state index in [1.165, 1.54) is 37.6 Å². The van der Waals surface area contributed by atoms with Gasteiger partial charge in [-0.25, -0.2) is 9.18 Å². The Morgan fingerprint density at radius 3 is 2.67 bits per heavy atom. The molecule has 0 unspecified atom stereocenters. The Morgan fingerprint density at radius 1 is 1.33 bits per heavy atom. The Labute approximate surface area is 139 Å². The van der Waals surface area contributed by atoms with Gasteiger partial charge in [0.2, 0.25) is 0 Å². The number of ether oxygens (including phenoxy) is 1. The number of carbonyl (C=O) groups is 2. The molecule has 6 nitrogen and oxygen atoms in total. The first-order valence-electron chi connectivity index (χ1n) is 7.45. The summed E-state index contributed by atoms with van der Waals surface area (Å²) < 4.78 is 23.7. The summed E-state index contributed by atoms with van der Waals surface area (Å²) in [5.74, 6) is -1.03. The van der Waals surface area contributed by atoms with Crippen molar-refractivity contribution < 1.29 is 23.1 Å². The van der Waals surface area contributed by atoms with E-state index in [0.29, 0.717) is 23.4 Å². The number of nitrogens with one attached hydrogen (secondary N) is 2. The van der Waals surface area contributed by atoms with E-state index in [4.69, 9.17) is 9.15 Å². The smallest absolute Gasteiger partial charge is 0.328 e. The molecule has 1 heterocycles. The van der Waals surface area contributed by atoms with Crippen LogP contribution >= 0.6 is 0 Å². The molecular formula is C17H19FN2O4. The number of esters is 1. The summed E-state index contributed by atoms with van der Waals surface area (Å²) in [4.78, 5) is 23.8. The molecule has 0 saturated carbocycles. The first kappa shape index (κ1) is 17.5. The number of halogens is 1. The van der Waals surface area contributed by atoms with Crippen molar-refractivity contribution in [3.8, 4) is 0 Å². The van der Waals surface area contributed by atoms with E-state index >= 15 is 0 Å². The van der Waals surface area contributed by atoms with Crippen molar-refractivity contribution in [1.82, 2.24) is 0 Å². The van der Waals surface area contributed by atoms with Crippen molar-refractivity contribution in [1.29, 1.82) is 0 Å². The minimum absolute atomic E-state index is 0.00492. The third-order valence-corrected chi connectivity index (χ3v) is 3.55. The zero-order valence-electron chi connectivity index (χ0n) is 13.7. The highest BCUT2D eigenvalue weighted by atomic mass is 19.1. The lowest BCUT2D eigenvalue weighted by molar-refractivity contribution is -0.141. The Balaban J connectivity index is 2.18. The number of anilines is 2. The summed E-state index contributed by atoms with van der Waals surface area (Å²) in [6, 6.07) is 5.08. The quantitative estimate of drug-likeness (QED) is 0.792. The van der Waals surface area contributed by atoms with Crippen LogP contribution in [0.25, 0.3) is 0 Å². The predicted molar refractivity (Wildman–Crippen MR) is 87.5 cm³/mol. The van der Waals surface area contributed by atoms with E-state index in [1.807, 2.05) is 6.92 Å². The number of amides is 1. The Hall–Kier alpha value is -2.83. The molecule has 0 fully saturated rings. The highest BCUT2D eigenvalue weighted by Gasteiger charge is 2.18. The molecule has 128 valence electrons. The van der Waals surface area contributed by atoms with Crippen molar-refractivity contribution in [3.63, 3.8) is 0 Å². The lowest BCUT2D eigenvalue weighted by Crippen LogP contribution is -2.29. The van der Waals surface area contributed by atoms with Gasteiger partial charge in [-0.1, -0.05) is 6.92 Å². The summed E-state index contributed by atoms with van der Waals surface area (Å²) in [5, 5.41) is 5.45. The van der Waals surface area contributed by atoms with Gasteiger partial charge in [-0.15, -0.1) is 0 Å². The molecule has 2 N–H and O–H groups in total. The molecule has 1 atom stereocenters. The molecule has 2 aromatic rings. The fourth-order valence-corrected chi connectivity index (χ4v) is 2.19. The minimum Gasteiger partial charge on any atom is -0.469 e. The van der Waals surface area contributed by atoms with Crippen LogP contribution in [0.3, 0.4) is 0 Å². The van der Waals surface area contributed by atoms with Gasteiger partial charge >= 0.3 is 5.97 Å². The molecule has 24 heavy (non-hydrogen) atoms. The van der Waals surface area contributed by atoms with Crippen LogP contribution in [0.5, 0.6) is 0 Å². The molecule has 1 aromatic carbocycles. The van der Waals surface area contributed by atoms with Crippen LogP contribution in [0.2, 0.25) is 0 Å². The lowest BCUT2D eigenvalue weighted by atomic mass is 10.2. The average Bonchev–Trinajstić information content (AvgIpc) is 3.00. The number of hydrogen-bond acceptors (Lipinski definition) is 5. The normalized spacial score (nSPS) is 11.7. The summed E-state index contributed by atoms with van der Waals surface area (Å²) in [5.41, 5.74) is 0.826. The molecule has 0 spiro atoms. The molecule has 0 aliphatic rings. The molecule has 0 saturated heterocycles. The molecular weight excluding hydrogens is 315 g/mol. The lowest BCUT2D eigenvalue weighted by Gasteiger charge is -2.17. The molecule has 0 aliphatic carbocycles. The van der Waals surface area contributed by atoms with Crippen molar-refractivity contribution >= 4 is 23.3 Å². The second-order valence-electron chi connectivity index (χ2n) is 5.17. The maximum absolute atomic E-state index is 14.0. The maximum atomic E-state index is 14.0. The monoisotopic (exact) mass is 334 g/mol. The van der Waals surface area contributed by atoms with Crippen molar-refractivity contribution in [2.24, 2.45) is 0 Å². The first-order valence-corrected chi connectivity index (χ1v) is 7.45. The number of carbonyl (C=O) groups excluding carboxylic acids is 2. The van der Waals surface area contributed by atoms with Crippen LogP contribution in [0.15, 0.2) is 34.9 Å². The number of methoxy groups -OCH3 is 1. The second kappa shape index (κ2) is 7.63. The van der Waals surface area contributed by atoms with E-state index in [2.05, 4.69) is 10.6 Å². The van der Waals surface area contributed by atoms with Gasteiger partial charge in [-0.2, -0.15) is 0 Å². The first-order chi connectivity index (χ1) is 11.5. The molecule has 0 aliphatic heterocycles. The van der Waals surface area contributed by atoms with Crippen LogP contribution in [-0.2, 0) is 9.53 Å². The standard InChI is InChI=1S/C17H19FN2O4/c1-4-14(17(22)23-3)19-11-5-6-13(18)15(9-11)20-16(21)12-7-8-24-10(12)2/h5-9,14,19H,4H2,1-3H3,(H,20,21)/t14-/m0/s1. The predicted octanol–water partition coefficient (Wildman–Crippen LogP) is 3.34. The van der Waals surface area contributed by atoms with E-state index in [9.17, 15) is 14.0 Å². The van der Waals surface area contributed by atoms with E-state index in [0.717, 1.165) is 0 Å². The topological polar surface area (TPSA) is 80.6 Å².